The number of carbonyl (C=O) groups is 1. The van der Waals surface area contributed by atoms with E-state index < -0.39 is 0 Å². The fourth-order valence-corrected chi connectivity index (χ4v) is 4.64. The van der Waals surface area contributed by atoms with Gasteiger partial charge in [-0.25, -0.2) is 0 Å². The Balaban J connectivity index is 1.54. The van der Waals surface area contributed by atoms with E-state index in [0.717, 1.165) is 26.1 Å². The van der Waals surface area contributed by atoms with Crippen LogP contribution in [0.15, 0.2) is 42.5 Å². The first-order valence-corrected chi connectivity index (χ1v) is 10.7. The molecule has 1 saturated heterocycles. The van der Waals surface area contributed by atoms with E-state index in [1.165, 1.54) is 36.1 Å². The van der Waals surface area contributed by atoms with E-state index in [1.54, 1.807) is 7.11 Å². The van der Waals surface area contributed by atoms with Gasteiger partial charge in [0.2, 0.25) is 0 Å². The highest BCUT2D eigenvalue weighted by Crippen LogP contribution is 2.32. The summed E-state index contributed by atoms with van der Waals surface area (Å²) in [5, 5.41) is 3.17. The summed E-state index contributed by atoms with van der Waals surface area (Å²) in [6.07, 6.45) is 4.79. The molecule has 1 N–H and O–H groups in total. The Bertz CT molecular complexity index is 861. The summed E-state index contributed by atoms with van der Waals surface area (Å²) in [5.41, 5.74) is 4.67. The molecule has 0 saturated carbocycles. The Morgan fingerprint density at radius 3 is 2.69 bits per heavy atom. The molecule has 0 unspecified atom stereocenters. The van der Waals surface area contributed by atoms with Crippen molar-refractivity contribution in [3.63, 3.8) is 0 Å². The minimum Gasteiger partial charge on any atom is -0.496 e. The predicted octanol–water partition coefficient (Wildman–Crippen LogP) is 3.64. The SMILES string of the molecule is COc1ccccc1C(=O)NC[C@@H](c1ccc2c(c1)CCCN2C)N1CCCC1. The van der Waals surface area contributed by atoms with Crippen molar-refractivity contribution in [3.05, 3.63) is 59.2 Å². The van der Waals surface area contributed by atoms with Crippen LogP contribution in [-0.2, 0) is 6.42 Å². The van der Waals surface area contributed by atoms with Gasteiger partial charge in [-0.05, 0) is 68.1 Å². The van der Waals surface area contributed by atoms with Gasteiger partial charge >= 0.3 is 0 Å². The Kier molecular flexibility index (Phi) is 6.05. The van der Waals surface area contributed by atoms with E-state index in [1.807, 2.05) is 24.3 Å². The predicted molar refractivity (Wildman–Crippen MR) is 117 cm³/mol. The number of nitrogens with one attached hydrogen (secondary N) is 1. The average Bonchev–Trinajstić information content (AvgIpc) is 3.28. The highest BCUT2D eigenvalue weighted by molar-refractivity contribution is 5.96. The van der Waals surface area contributed by atoms with E-state index in [4.69, 9.17) is 4.74 Å². The van der Waals surface area contributed by atoms with Crippen LogP contribution in [0, 0.1) is 0 Å². The first-order valence-electron chi connectivity index (χ1n) is 10.7. The molecule has 5 nitrogen and oxygen atoms in total. The van der Waals surface area contributed by atoms with Gasteiger partial charge < -0.3 is 15.0 Å². The fraction of sp³-hybridized carbons (Fsp3) is 0.458. The van der Waals surface area contributed by atoms with Gasteiger partial charge in [0, 0.05) is 25.8 Å². The lowest BCUT2D eigenvalue weighted by atomic mass is 9.96. The number of fused-ring (bicyclic) bond motifs is 1. The first kappa shape index (κ1) is 19.8. The van der Waals surface area contributed by atoms with Crippen molar-refractivity contribution in [1.29, 1.82) is 0 Å². The lowest BCUT2D eigenvalue weighted by Gasteiger charge is -2.32. The summed E-state index contributed by atoms with van der Waals surface area (Å²) in [5.74, 6) is 0.531. The van der Waals surface area contributed by atoms with Crippen LogP contribution in [0.1, 0.15) is 46.8 Å². The molecule has 5 heteroatoms. The van der Waals surface area contributed by atoms with Gasteiger partial charge in [0.25, 0.3) is 5.91 Å². The van der Waals surface area contributed by atoms with Crippen LogP contribution in [0.2, 0.25) is 0 Å². The summed E-state index contributed by atoms with van der Waals surface area (Å²) < 4.78 is 5.35. The number of para-hydroxylation sites is 1. The van der Waals surface area contributed by atoms with Crippen LogP contribution in [0.5, 0.6) is 5.75 Å². The van der Waals surface area contributed by atoms with Gasteiger partial charge in [-0.1, -0.05) is 24.3 Å². The summed E-state index contributed by atoms with van der Waals surface area (Å²) in [6, 6.07) is 14.5. The number of hydrogen-bond donors (Lipinski definition) is 1. The molecule has 2 aromatic rings. The third-order valence-electron chi connectivity index (χ3n) is 6.23. The second kappa shape index (κ2) is 8.87. The molecule has 2 aromatic carbocycles. The molecule has 4 rings (SSSR count). The fourth-order valence-electron chi connectivity index (χ4n) is 4.64. The number of amides is 1. The zero-order chi connectivity index (χ0) is 20.2. The standard InChI is InChI=1S/C24H31N3O2/c1-26-13-7-8-18-16-19(11-12-21(18)26)22(27-14-5-6-15-27)17-25-24(28)20-9-3-4-10-23(20)29-2/h3-4,9-12,16,22H,5-8,13-15,17H2,1-2H3,(H,25,28)/t22-/m0/s1. The minimum absolute atomic E-state index is 0.0793. The van der Waals surface area contributed by atoms with Crippen molar-refractivity contribution in [3.8, 4) is 5.75 Å². The molecule has 1 fully saturated rings. The number of hydrogen-bond acceptors (Lipinski definition) is 4. The molecule has 0 spiro atoms. The Morgan fingerprint density at radius 2 is 1.90 bits per heavy atom. The van der Waals surface area contributed by atoms with Crippen LogP contribution >= 0.6 is 0 Å². The maximum Gasteiger partial charge on any atom is 0.255 e. The van der Waals surface area contributed by atoms with Crippen molar-refractivity contribution >= 4 is 11.6 Å². The number of aryl methyl sites for hydroxylation is 1. The minimum atomic E-state index is -0.0793. The molecular formula is C24H31N3O2. The molecule has 29 heavy (non-hydrogen) atoms. The van der Waals surface area contributed by atoms with E-state index in [-0.39, 0.29) is 11.9 Å². The second-order valence-electron chi connectivity index (χ2n) is 8.08. The van der Waals surface area contributed by atoms with Gasteiger partial charge in [0.15, 0.2) is 0 Å². The second-order valence-corrected chi connectivity index (χ2v) is 8.08. The summed E-state index contributed by atoms with van der Waals surface area (Å²) in [7, 11) is 3.77. The normalized spacial score (nSPS) is 17.7. The molecule has 1 amide bonds. The average molecular weight is 394 g/mol. The van der Waals surface area contributed by atoms with E-state index >= 15 is 0 Å². The monoisotopic (exact) mass is 393 g/mol. The molecule has 1 atom stereocenters. The maximum absolute atomic E-state index is 12.8. The van der Waals surface area contributed by atoms with E-state index in [0.29, 0.717) is 17.9 Å². The number of rotatable bonds is 6. The van der Waals surface area contributed by atoms with Crippen molar-refractivity contribution in [2.24, 2.45) is 0 Å². The molecule has 0 bridgehead atoms. The van der Waals surface area contributed by atoms with Crippen LogP contribution < -0.4 is 15.0 Å². The molecule has 2 aliphatic rings. The lowest BCUT2D eigenvalue weighted by Crippen LogP contribution is -2.37. The van der Waals surface area contributed by atoms with Crippen LogP contribution in [0.3, 0.4) is 0 Å². The lowest BCUT2D eigenvalue weighted by molar-refractivity contribution is 0.0935. The number of nitrogens with zero attached hydrogens (tertiary/aromatic N) is 2. The van der Waals surface area contributed by atoms with Gasteiger partial charge in [0.05, 0.1) is 18.7 Å². The van der Waals surface area contributed by atoms with Crippen LogP contribution in [0.25, 0.3) is 0 Å². The van der Waals surface area contributed by atoms with Gasteiger partial charge in [-0.15, -0.1) is 0 Å². The van der Waals surface area contributed by atoms with Crippen molar-refractivity contribution < 1.29 is 9.53 Å². The number of anilines is 1. The van der Waals surface area contributed by atoms with E-state index in [9.17, 15) is 4.79 Å². The molecule has 0 aliphatic carbocycles. The molecule has 0 aromatic heterocycles. The zero-order valence-corrected chi connectivity index (χ0v) is 17.5. The third kappa shape index (κ3) is 4.25. The van der Waals surface area contributed by atoms with E-state index in [2.05, 4.69) is 40.4 Å². The maximum atomic E-state index is 12.8. The number of ether oxygens (including phenoxy) is 1. The Morgan fingerprint density at radius 1 is 1.10 bits per heavy atom. The van der Waals surface area contributed by atoms with Gasteiger partial charge in [-0.3, -0.25) is 9.69 Å². The number of likely N-dealkylation sites (tertiary alicyclic amines) is 1. The van der Waals surface area contributed by atoms with Gasteiger partial charge in [-0.2, -0.15) is 0 Å². The van der Waals surface area contributed by atoms with Crippen LogP contribution in [0.4, 0.5) is 5.69 Å². The highest BCUT2D eigenvalue weighted by atomic mass is 16.5. The Labute approximate surface area is 173 Å². The summed E-state index contributed by atoms with van der Waals surface area (Å²) in [6.45, 7) is 3.90. The molecule has 0 radical (unpaired) electrons. The van der Waals surface area contributed by atoms with Gasteiger partial charge in [0.1, 0.15) is 5.75 Å². The number of carbonyl (C=O) groups excluding carboxylic acids is 1. The molecule has 2 aliphatic heterocycles. The first-order chi connectivity index (χ1) is 14.2. The number of methoxy groups -OCH3 is 1. The summed E-state index contributed by atoms with van der Waals surface area (Å²) in [4.78, 5) is 17.7. The third-order valence-corrected chi connectivity index (χ3v) is 6.23. The molecule has 154 valence electrons. The molecular weight excluding hydrogens is 362 g/mol. The van der Waals surface area contributed by atoms with Crippen LogP contribution in [-0.4, -0.2) is 51.1 Å². The Hall–Kier alpha value is -2.53. The smallest absolute Gasteiger partial charge is 0.255 e. The van der Waals surface area contributed by atoms with Crippen molar-refractivity contribution in [2.45, 2.75) is 31.7 Å². The highest BCUT2D eigenvalue weighted by Gasteiger charge is 2.26. The summed E-state index contributed by atoms with van der Waals surface area (Å²) >= 11 is 0. The topological polar surface area (TPSA) is 44.8 Å². The van der Waals surface area contributed by atoms with Crippen molar-refractivity contribution in [1.82, 2.24) is 10.2 Å². The van der Waals surface area contributed by atoms with Crippen molar-refractivity contribution in [2.75, 3.05) is 45.2 Å². The number of benzene rings is 2. The quantitative estimate of drug-likeness (QED) is 0.814. The molecule has 2 heterocycles. The zero-order valence-electron chi connectivity index (χ0n) is 17.5. The largest absolute Gasteiger partial charge is 0.496 e.